The number of hydrogen-bond donors (Lipinski definition) is 2. The van der Waals surface area contributed by atoms with Crippen molar-refractivity contribution in [1.82, 2.24) is 15.5 Å². The minimum Gasteiger partial charge on any atom is -0.375 e. The lowest BCUT2D eigenvalue weighted by molar-refractivity contribution is 0.111. The van der Waals surface area contributed by atoms with E-state index in [1.54, 1.807) is 7.11 Å². The van der Waals surface area contributed by atoms with Crippen molar-refractivity contribution in [1.29, 1.82) is 0 Å². The SMILES string of the molecule is CCNC(=NCC(OC)c1ccccc1)NC(C)CCCN(CC)CC. The average Bonchev–Trinajstić information content (AvgIpc) is 2.66. The molecule has 5 nitrogen and oxygen atoms in total. The Hall–Kier alpha value is -1.59. The van der Waals surface area contributed by atoms with Crippen LogP contribution in [0.2, 0.25) is 0 Å². The maximum atomic E-state index is 5.62. The van der Waals surface area contributed by atoms with Crippen molar-refractivity contribution in [3.05, 3.63) is 35.9 Å². The van der Waals surface area contributed by atoms with Gasteiger partial charge in [-0.25, -0.2) is 0 Å². The Morgan fingerprint density at radius 1 is 1.15 bits per heavy atom. The maximum absolute atomic E-state index is 5.62. The van der Waals surface area contributed by atoms with Gasteiger partial charge < -0.3 is 20.3 Å². The quantitative estimate of drug-likeness (QED) is 0.442. The van der Waals surface area contributed by atoms with Crippen molar-refractivity contribution in [2.75, 3.05) is 39.8 Å². The largest absolute Gasteiger partial charge is 0.375 e. The van der Waals surface area contributed by atoms with Crippen molar-refractivity contribution < 1.29 is 4.74 Å². The lowest BCUT2D eigenvalue weighted by Gasteiger charge is -2.21. The first-order valence-electron chi connectivity index (χ1n) is 9.99. The molecular weight excluding hydrogens is 324 g/mol. The summed E-state index contributed by atoms with van der Waals surface area (Å²) < 4.78 is 5.62. The molecule has 0 aliphatic rings. The second-order valence-corrected chi connectivity index (χ2v) is 6.57. The van der Waals surface area contributed by atoms with Gasteiger partial charge in [0.2, 0.25) is 0 Å². The first-order valence-corrected chi connectivity index (χ1v) is 9.99. The molecule has 0 amide bonds. The van der Waals surface area contributed by atoms with Gasteiger partial charge in [0.1, 0.15) is 6.10 Å². The van der Waals surface area contributed by atoms with E-state index >= 15 is 0 Å². The molecule has 26 heavy (non-hydrogen) atoms. The number of guanidine groups is 1. The van der Waals surface area contributed by atoms with Gasteiger partial charge in [-0.15, -0.1) is 0 Å². The predicted octanol–water partition coefficient (Wildman–Crippen LogP) is 3.44. The predicted molar refractivity (Wildman–Crippen MR) is 112 cm³/mol. The molecule has 0 aliphatic carbocycles. The molecule has 5 heteroatoms. The van der Waals surface area contributed by atoms with Crippen LogP contribution in [0.25, 0.3) is 0 Å². The highest BCUT2D eigenvalue weighted by atomic mass is 16.5. The molecule has 0 spiro atoms. The highest BCUT2D eigenvalue weighted by Gasteiger charge is 2.11. The zero-order chi connectivity index (χ0) is 19.2. The highest BCUT2D eigenvalue weighted by Crippen LogP contribution is 2.16. The van der Waals surface area contributed by atoms with Gasteiger partial charge in [0, 0.05) is 19.7 Å². The van der Waals surface area contributed by atoms with Crippen molar-refractivity contribution in [2.24, 2.45) is 4.99 Å². The van der Waals surface area contributed by atoms with Crippen LogP contribution in [-0.2, 0) is 4.74 Å². The Kier molecular flexibility index (Phi) is 11.7. The van der Waals surface area contributed by atoms with Crippen LogP contribution in [0.15, 0.2) is 35.3 Å². The molecule has 0 heterocycles. The summed E-state index contributed by atoms with van der Waals surface area (Å²) in [7, 11) is 1.74. The van der Waals surface area contributed by atoms with Crippen molar-refractivity contribution >= 4 is 5.96 Å². The monoisotopic (exact) mass is 362 g/mol. The Labute approximate surface area is 160 Å². The second kappa shape index (κ2) is 13.6. The van der Waals surface area contributed by atoms with E-state index in [4.69, 9.17) is 9.73 Å². The smallest absolute Gasteiger partial charge is 0.191 e. The summed E-state index contributed by atoms with van der Waals surface area (Å²) in [6.07, 6.45) is 2.30. The molecular formula is C21H38N4O. The van der Waals surface area contributed by atoms with Crippen molar-refractivity contribution in [3.63, 3.8) is 0 Å². The van der Waals surface area contributed by atoms with Crippen LogP contribution in [-0.4, -0.2) is 56.7 Å². The lowest BCUT2D eigenvalue weighted by Crippen LogP contribution is -2.42. The van der Waals surface area contributed by atoms with Crippen LogP contribution in [0.4, 0.5) is 0 Å². The summed E-state index contributed by atoms with van der Waals surface area (Å²) in [5, 5.41) is 6.86. The van der Waals surface area contributed by atoms with Crippen LogP contribution in [0.5, 0.6) is 0 Å². The topological polar surface area (TPSA) is 48.9 Å². The van der Waals surface area contributed by atoms with E-state index in [-0.39, 0.29) is 6.10 Å². The van der Waals surface area contributed by atoms with Gasteiger partial charge in [0.25, 0.3) is 0 Å². The molecule has 1 aromatic carbocycles. The molecule has 0 saturated carbocycles. The van der Waals surface area contributed by atoms with Crippen LogP contribution in [0.3, 0.4) is 0 Å². The third-order valence-electron chi connectivity index (χ3n) is 4.60. The summed E-state index contributed by atoms with van der Waals surface area (Å²) in [5.74, 6) is 0.862. The first-order chi connectivity index (χ1) is 12.6. The first kappa shape index (κ1) is 22.5. The number of hydrogen-bond acceptors (Lipinski definition) is 3. The van der Waals surface area contributed by atoms with E-state index in [9.17, 15) is 0 Å². The van der Waals surface area contributed by atoms with Crippen LogP contribution < -0.4 is 10.6 Å². The van der Waals surface area contributed by atoms with Gasteiger partial charge in [-0.2, -0.15) is 0 Å². The lowest BCUT2D eigenvalue weighted by atomic mass is 10.1. The van der Waals surface area contributed by atoms with Crippen LogP contribution in [0, 0.1) is 0 Å². The molecule has 2 N–H and O–H groups in total. The Morgan fingerprint density at radius 2 is 1.85 bits per heavy atom. The summed E-state index contributed by atoms with van der Waals surface area (Å²) in [5.41, 5.74) is 1.15. The zero-order valence-corrected chi connectivity index (χ0v) is 17.3. The summed E-state index contributed by atoms with van der Waals surface area (Å²) in [6, 6.07) is 10.6. The van der Waals surface area contributed by atoms with Crippen LogP contribution in [0.1, 0.15) is 52.2 Å². The number of ether oxygens (including phenoxy) is 1. The molecule has 0 aromatic heterocycles. The van der Waals surface area contributed by atoms with Gasteiger partial charge in [0.15, 0.2) is 5.96 Å². The molecule has 2 atom stereocenters. The highest BCUT2D eigenvalue weighted by molar-refractivity contribution is 5.80. The average molecular weight is 363 g/mol. The van der Waals surface area contributed by atoms with E-state index < -0.39 is 0 Å². The fourth-order valence-electron chi connectivity index (χ4n) is 2.94. The fourth-order valence-corrected chi connectivity index (χ4v) is 2.94. The maximum Gasteiger partial charge on any atom is 0.191 e. The van der Waals surface area contributed by atoms with Crippen molar-refractivity contribution in [3.8, 4) is 0 Å². The molecule has 0 bridgehead atoms. The van der Waals surface area contributed by atoms with E-state index in [1.807, 2.05) is 18.2 Å². The number of methoxy groups -OCH3 is 1. The minimum absolute atomic E-state index is 0.0235. The van der Waals surface area contributed by atoms with Gasteiger partial charge in [-0.3, -0.25) is 4.99 Å². The Bertz CT molecular complexity index is 488. The van der Waals surface area contributed by atoms with Gasteiger partial charge in [0.05, 0.1) is 6.54 Å². The molecule has 0 saturated heterocycles. The molecule has 0 aliphatic heterocycles. The number of nitrogens with one attached hydrogen (secondary N) is 2. The summed E-state index contributed by atoms with van der Waals surface area (Å²) >= 11 is 0. The Balaban J connectivity index is 2.53. The summed E-state index contributed by atoms with van der Waals surface area (Å²) in [6.45, 7) is 13.6. The van der Waals surface area contributed by atoms with Crippen molar-refractivity contribution in [2.45, 2.75) is 52.7 Å². The third kappa shape index (κ3) is 8.68. The normalized spacial score (nSPS) is 14.3. The number of nitrogens with zero attached hydrogens (tertiary/aromatic N) is 2. The van der Waals surface area contributed by atoms with Gasteiger partial charge in [-0.05, 0) is 51.9 Å². The summed E-state index contributed by atoms with van der Waals surface area (Å²) in [4.78, 5) is 7.20. The molecule has 1 rings (SSSR count). The van der Waals surface area contributed by atoms with E-state index in [0.29, 0.717) is 12.6 Å². The molecule has 148 valence electrons. The third-order valence-corrected chi connectivity index (χ3v) is 4.60. The second-order valence-electron chi connectivity index (χ2n) is 6.57. The van der Waals surface area contributed by atoms with E-state index in [1.165, 1.54) is 6.42 Å². The minimum atomic E-state index is -0.0235. The number of rotatable bonds is 12. The molecule has 0 fully saturated rings. The van der Waals surface area contributed by atoms with E-state index in [2.05, 4.69) is 55.4 Å². The molecule has 2 unspecified atom stereocenters. The Morgan fingerprint density at radius 3 is 2.42 bits per heavy atom. The van der Waals surface area contributed by atoms with Crippen LogP contribution >= 0.6 is 0 Å². The van der Waals surface area contributed by atoms with Gasteiger partial charge >= 0.3 is 0 Å². The van der Waals surface area contributed by atoms with E-state index in [0.717, 1.165) is 44.1 Å². The molecule has 1 aromatic rings. The number of aliphatic imine (C=N–C) groups is 1. The zero-order valence-electron chi connectivity index (χ0n) is 17.3. The standard InChI is InChI=1S/C21H38N4O/c1-6-22-21(24-18(4)13-12-16-25(7-2)8-3)23-17-20(26-5)19-14-10-9-11-15-19/h9-11,14-15,18,20H,6-8,12-13,16-17H2,1-5H3,(H2,22,23,24). The van der Waals surface area contributed by atoms with Gasteiger partial charge in [-0.1, -0.05) is 44.2 Å². The fraction of sp³-hybridized carbons (Fsp3) is 0.667. The molecule has 0 radical (unpaired) electrons. The number of benzene rings is 1.